The Kier molecular flexibility index (Phi) is 6.49. The topological polar surface area (TPSA) is 67.6 Å². The molecule has 0 aliphatic carbocycles. The Morgan fingerprint density at radius 1 is 1.32 bits per heavy atom. The lowest BCUT2D eigenvalue weighted by Gasteiger charge is -2.19. The Balaban J connectivity index is 2.72. The summed E-state index contributed by atoms with van der Waals surface area (Å²) in [6, 6.07) is 9.51. The summed E-state index contributed by atoms with van der Waals surface area (Å²) >= 11 is 1.44. The molecule has 0 saturated heterocycles. The Morgan fingerprint density at radius 2 is 2.00 bits per heavy atom. The zero-order chi connectivity index (χ0) is 14.1. The fourth-order valence-electron chi connectivity index (χ4n) is 1.34. The maximum atomic E-state index is 5.99. The van der Waals surface area contributed by atoms with Gasteiger partial charge < -0.3 is 5.84 Å². The summed E-state index contributed by atoms with van der Waals surface area (Å²) in [5.41, 5.74) is 1.86. The lowest BCUT2D eigenvalue weighted by Crippen LogP contribution is -2.36. The molecule has 0 heterocycles. The summed E-state index contributed by atoms with van der Waals surface area (Å²) in [5.74, 6) is 12.1. The number of hydrazine groups is 1. The highest BCUT2D eigenvalue weighted by Gasteiger charge is 2.10. The van der Waals surface area contributed by atoms with Gasteiger partial charge >= 0.3 is 0 Å². The quantitative estimate of drug-likeness (QED) is 0.285. The summed E-state index contributed by atoms with van der Waals surface area (Å²) < 4.78 is 0. The van der Waals surface area contributed by atoms with Crippen LogP contribution in [-0.2, 0) is 0 Å². The molecule has 0 saturated carbocycles. The second-order valence-electron chi connectivity index (χ2n) is 3.59. The number of hydrazone groups is 1. The van der Waals surface area contributed by atoms with E-state index in [4.69, 9.17) is 11.7 Å². The van der Waals surface area contributed by atoms with Crippen molar-refractivity contribution in [1.29, 1.82) is 0 Å². The highest BCUT2D eigenvalue weighted by molar-refractivity contribution is 8.14. The average molecular weight is 274 g/mol. The van der Waals surface area contributed by atoms with Crippen molar-refractivity contribution in [3.8, 4) is 0 Å². The summed E-state index contributed by atoms with van der Waals surface area (Å²) in [4.78, 5) is 0. The molecule has 0 amide bonds. The lowest BCUT2D eigenvalue weighted by molar-refractivity contribution is 1.11. The number of thioether (sulfide) groups is 1. The highest BCUT2D eigenvalue weighted by atomic mass is 32.2. The van der Waals surface area contributed by atoms with Crippen molar-refractivity contribution in [3.05, 3.63) is 67.3 Å². The second-order valence-corrected chi connectivity index (χ2v) is 4.53. The van der Waals surface area contributed by atoms with E-state index in [0.29, 0.717) is 10.9 Å². The maximum Gasteiger partial charge on any atom is 0.201 e. The van der Waals surface area contributed by atoms with Gasteiger partial charge in [0.25, 0.3) is 0 Å². The molecule has 1 rings (SSSR count). The van der Waals surface area contributed by atoms with Crippen LogP contribution in [0.3, 0.4) is 0 Å². The number of allylic oxidation sites excluding steroid dienone is 3. The van der Waals surface area contributed by atoms with Crippen LogP contribution in [0.25, 0.3) is 0 Å². The molecule has 0 spiro atoms. The minimum atomic E-state index is 0.531. The van der Waals surface area contributed by atoms with E-state index >= 15 is 0 Å². The Morgan fingerprint density at radius 3 is 2.53 bits per heavy atom. The monoisotopic (exact) mass is 274 g/mol. The number of nitrogens with zero attached hydrogens (tertiary/aromatic N) is 2. The Bertz CT molecular complexity index is 479. The number of rotatable bonds is 5. The molecular weight excluding hydrogens is 256 g/mol. The normalized spacial score (nSPS) is 12.1. The third kappa shape index (κ3) is 4.65. The van der Waals surface area contributed by atoms with Crippen molar-refractivity contribution < 1.29 is 0 Å². The number of benzene rings is 1. The van der Waals surface area contributed by atoms with E-state index in [1.165, 1.54) is 16.8 Å². The molecule has 19 heavy (non-hydrogen) atoms. The largest absolute Gasteiger partial charge is 0.321 e. The Hall–Kier alpha value is -1.98. The highest BCUT2D eigenvalue weighted by Crippen LogP contribution is 2.17. The molecule has 4 N–H and O–H groups in total. The van der Waals surface area contributed by atoms with E-state index in [1.54, 1.807) is 12.2 Å². The van der Waals surface area contributed by atoms with Gasteiger partial charge in [0.05, 0.1) is 5.69 Å². The van der Waals surface area contributed by atoms with Crippen LogP contribution in [0.4, 0.5) is 5.69 Å². The summed E-state index contributed by atoms with van der Waals surface area (Å²) in [7, 11) is 0. The van der Waals surface area contributed by atoms with Crippen LogP contribution in [0, 0.1) is 0 Å². The van der Waals surface area contributed by atoms with Crippen LogP contribution < -0.4 is 16.7 Å². The molecule has 0 fully saturated rings. The smallest absolute Gasteiger partial charge is 0.201 e. The number of hydrogen-bond acceptors (Lipinski definition) is 4. The molecule has 100 valence electrons. The van der Waals surface area contributed by atoms with Crippen LogP contribution in [-0.4, -0.2) is 10.9 Å². The first kappa shape index (κ1) is 15.1. The Labute approximate surface area is 118 Å². The van der Waals surface area contributed by atoms with Gasteiger partial charge in [0, 0.05) is 5.75 Å². The number of para-hydroxylation sites is 1. The number of anilines is 1. The van der Waals surface area contributed by atoms with Crippen molar-refractivity contribution in [2.45, 2.75) is 0 Å². The van der Waals surface area contributed by atoms with Crippen molar-refractivity contribution in [2.24, 2.45) is 16.8 Å². The molecule has 0 aliphatic heterocycles. The third-order valence-corrected chi connectivity index (χ3v) is 3.35. The van der Waals surface area contributed by atoms with E-state index < -0.39 is 0 Å². The summed E-state index contributed by atoms with van der Waals surface area (Å²) in [5, 5.41) is 5.71. The fourth-order valence-corrected chi connectivity index (χ4v) is 2.17. The van der Waals surface area contributed by atoms with Crippen molar-refractivity contribution in [2.75, 3.05) is 10.8 Å². The molecule has 0 unspecified atom stereocenters. The first-order valence-electron chi connectivity index (χ1n) is 5.67. The minimum Gasteiger partial charge on any atom is -0.321 e. The maximum absolute atomic E-state index is 5.99. The van der Waals surface area contributed by atoms with Gasteiger partial charge in [0.2, 0.25) is 5.17 Å². The fraction of sp³-hybridized carbons (Fsp3) is 0.0714. The van der Waals surface area contributed by atoms with E-state index in [1.807, 2.05) is 36.4 Å². The van der Waals surface area contributed by atoms with Crippen molar-refractivity contribution >= 4 is 22.6 Å². The second kappa shape index (κ2) is 8.18. The molecule has 0 atom stereocenters. The standard InChI is InChI=1S/C14H18N4S/c1-3-8-12(4-2)11-19-14(17-15)18(16)13-9-6-5-7-10-13/h3-10H,1-2,11,15-16H2/b12-8+,17-14+. The van der Waals surface area contributed by atoms with Crippen molar-refractivity contribution in [3.63, 3.8) is 0 Å². The first-order valence-corrected chi connectivity index (χ1v) is 6.66. The van der Waals surface area contributed by atoms with E-state index in [9.17, 15) is 0 Å². The first-order chi connectivity index (χ1) is 9.22. The van der Waals surface area contributed by atoms with Crippen molar-refractivity contribution in [1.82, 2.24) is 0 Å². The molecule has 0 radical (unpaired) electrons. The van der Waals surface area contributed by atoms with Crippen LogP contribution in [0.1, 0.15) is 0 Å². The molecule has 1 aromatic carbocycles. The number of amidine groups is 1. The van der Waals surface area contributed by atoms with Gasteiger partial charge in [-0.2, -0.15) is 5.10 Å². The van der Waals surface area contributed by atoms with Gasteiger partial charge in [-0.05, 0) is 17.7 Å². The SMILES string of the molecule is C=C/C=C(\C=C)CS/C(=N/N)N(N)c1ccccc1. The number of nitrogens with two attached hydrogens (primary N) is 2. The van der Waals surface area contributed by atoms with E-state index in [0.717, 1.165) is 11.3 Å². The zero-order valence-electron chi connectivity index (χ0n) is 10.7. The molecule has 5 heteroatoms. The zero-order valence-corrected chi connectivity index (χ0v) is 11.5. The van der Waals surface area contributed by atoms with Gasteiger partial charge in [-0.15, -0.1) is 0 Å². The molecule has 0 aromatic heterocycles. The van der Waals surface area contributed by atoms with E-state index in [-0.39, 0.29) is 0 Å². The molecule has 0 bridgehead atoms. The lowest BCUT2D eigenvalue weighted by atomic mass is 10.3. The average Bonchev–Trinajstić information content (AvgIpc) is 2.47. The molecular formula is C14H18N4S. The summed E-state index contributed by atoms with van der Waals surface area (Å²) in [6.45, 7) is 7.40. The third-order valence-electron chi connectivity index (χ3n) is 2.31. The summed E-state index contributed by atoms with van der Waals surface area (Å²) in [6.07, 6.45) is 5.37. The molecule has 1 aromatic rings. The van der Waals surface area contributed by atoms with Gasteiger partial charge in [0.1, 0.15) is 0 Å². The van der Waals surface area contributed by atoms with Gasteiger partial charge in [0.15, 0.2) is 0 Å². The van der Waals surface area contributed by atoms with Crippen LogP contribution in [0.5, 0.6) is 0 Å². The van der Waals surface area contributed by atoms with E-state index in [2.05, 4.69) is 18.3 Å². The van der Waals surface area contributed by atoms with Gasteiger partial charge in [-0.3, -0.25) is 5.01 Å². The molecule has 0 aliphatic rings. The predicted molar refractivity (Wildman–Crippen MR) is 85.7 cm³/mol. The molecule has 4 nitrogen and oxygen atoms in total. The van der Waals surface area contributed by atoms with Crippen LogP contribution >= 0.6 is 11.8 Å². The predicted octanol–water partition coefficient (Wildman–Crippen LogP) is 2.63. The van der Waals surface area contributed by atoms with Gasteiger partial charge in [-0.25, -0.2) is 5.84 Å². The van der Waals surface area contributed by atoms with Gasteiger partial charge in [-0.1, -0.05) is 61.3 Å². The minimum absolute atomic E-state index is 0.531. The van der Waals surface area contributed by atoms with Crippen LogP contribution in [0.15, 0.2) is 72.4 Å². The number of hydrogen-bond donors (Lipinski definition) is 2. The van der Waals surface area contributed by atoms with Crippen LogP contribution in [0.2, 0.25) is 0 Å².